The molecular weight excluding hydrogens is 405 g/mol. The third-order valence-electron chi connectivity index (χ3n) is 7.70. The molecule has 3 rings (SSSR count). The predicted octanol–water partition coefficient (Wildman–Crippen LogP) is 10.0. The maximum atomic E-state index is 14.8. The summed E-state index contributed by atoms with van der Waals surface area (Å²) in [6.45, 7) is 4.50. The average Bonchev–Trinajstić information content (AvgIpc) is 2.85. The van der Waals surface area contributed by atoms with Crippen molar-refractivity contribution in [3.63, 3.8) is 0 Å². The summed E-state index contributed by atoms with van der Waals surface area (Å²) in [5.74, 6) is 1.41. The van der Waals surface area contributed by atoms with Gasteiger partial charge in [-0.2, -0.15) is 0 Å². The van der Waals surface area contributed by atoms with Gasteiger partial charge < -0.3 is 0 Å². The van der Waals surface area contributed by atoms with Crippen LogP contribution in [0.15, 0.2) is 36.5 Å². The summed E-state index contributed by atoms with van der Waals surface area (Å²) in [5.41, 5.74) is 3.82. The number of aryl methyl sites for hydroxylation is 1. The number of pyridine rings is 1. The highest BCUT2D eigenvalue weighted by atomic mass is 19.1. The molecule has 0 spiro atoms. The Morgan fingerprint density at radius 1 is 0.788 bits per heavy atom. The highest BCUT2D eigenvalue weighted by molar-refractivity contribution is 5.60. The number of rotatable bonds is 14. The molecule has 0 bridgehead atoms. The summed E-state index contributed by atoms with van der Waals surface area (Å²) in [6.07, 6.45) is 22.9. The van der Waals surface area contributed by atoms with E-state index in [1.165, 1.54) is 95.5 Å². The molecule has 2 aromatic rings. The molecule has 1 aliphatic carbocycles. The summed E-state index contributed by atoms with van der Waals surface area (Å²) in [7, 11) is 0. The maximum absolute atomic E-state index is 14.8. The molecule has 0 amide bonds. The molecule has 0 saturated heterocycles. The van der Waals surface area contributed by atoms with E-state index in [0.717, 1.165) is 30.0 Å². The molecule has 0 radical (unpaired) electrons. The van der Waals surface area contributed by atoms with Gasteiger partial charge in [-0.25, -0.2) is 4.39 Å². The zero-order valence-electron chi connectivity index (χ0n) is 21.3. The van der Waals surface area contributed by atoms with Crippen LogP contribution < -0.4 is 0 Å². The molecule has 2 heteroatoms. The Morgan fingerprint density at radius 3 is 2.15 bits per heavy atom. The number of hydrogen-bond acceptors (Lipinski definition) is 1. The second-order valence-electron chi connectivity index (χ2n) is 10.4. The van der Waals surface area contributed by atoms with Crippen LogP contribution in [-0.4, -0.2) is 4.98 Å². The molecule has 1 aromatic carbocycles. The third kappa shape index (κ3) is 8.54. The lowest BCUT2D eigenvalue weighted by atomic mass is 9.77. The van der Waals surface area contributed by atoms with Crippen LogP contribution in [0, 0.1) is 11.7 Å². The molecule has 182 valence electrons. The highest BCUT2D eigenvalue weighted by Gasteiger charge is 2.22. The zero-order valence-corrected chi connectivity index (χ0v) is 21.3. The lowest BCUT2D eigenvalue weighted by Crippen LogP contribution is -2.13. The number of halogens is 1. The first-order valence-electron chi connectivity index (χ1n) is 14.0. The molecule has 0 unspecified atom stereocenters. The van der Waals surface area contributed by atoms with Gasteiger partial charge in [-0.3, -0.25) is 4.98 Å². The minimum atomic E-state index is -0.140. The molecule has 1 fully saturated rings. The molecule has 1 aromatic heterocycles. The standard InChI is InChI=1S/C31H46FN/c1-3-5-7-9-10-12-13-25-15-18-27(19-16-25)28-20-22-31(33-24-28)29-21-17-26(23-30(29)32)14-11-8-6-4-2/h17,20-25,27H,3-16,18-19H2,1-2H3/t25-,27-. The first-order chi connectivity index (χ1) is 16.2. The van der Waals surface area contributed by atoms with Gasteiger partial charge in [0.25, 0.3) is 0 Å². The van der Waals surface area contributed by atoms with Gasteiger partial charge in [0.1, 0.15) is 5.82 Å². The molecule has 1 heterocycles. The largest absolute Gasteiger partial charge is 0.256 e. The van der Waals surface area contributed by atoms with Crippen molar-refractivity contribution in [2.24, 2.45) is 5.92 Å². The van der Waals surface area contributed by atoms with Gasteiger partial charge in [0.05, 0.1) is 5.69 Å². The van der Waals surface area contributed by atoms with Crippen LogP contribution in [0.25, 0.3) is 11.3 Å². The summed E-state index contributed by atoms with van der Waals surface area (Å²) in [6, 6.07) is 9.92. The first-order valence-corrected chi connectivity index (χ1v) is 14.0. The van der Waals surface area contributed by atoms with E-state index in [1.54, 1.807) is 6.07 Å². The van der Waals surface area contributed by atoms with Crippen LogP contribution >= 0.6 is 0 Å². The van der Waals surface area contributed by atoms with Crippen molar-refractivity contribution >= 4 is 0 Å². The van der Waals surface area contributed by atoms with Crippen LogP contribution in [0.3, 0.4) is 0 Å². The van der Waals surface area contributed by atoms with E-state index < -0.39 is 0 Å². The van der Waals surface area contributed by atoms with Gasteiger partial charge in [-0.05, 0) is 79.7 Å². The van der Waals surface area contributed by atoms with Gasteiger partial charge >= 0.3 is 0 Å². The van der Waals surface area contributed by atoms with Crippen LogP contribution in [-0.2, 0) is 6.42 Å². The van der Waals surface area contributed by atoms with Crippen LogP contribution in [0.5, 0.6) is 0 Å². The maximum Gasteiger partial charge on any atom is 0.132 e. The van der Waals surface area contributed by atoms with Gasteiger partial charge in [0.2, 0.25) is 0 Å². The highest BCUT2D eigenvalue weighted by Crippen LogP contribution is 2.38. The zero-order chi connectivity index (χ0) is 23.3. The topological polar surface area (TPSA) is 12.9 Å². The molecule has 0 atom stereocenters. The van der Waals surface area contributed by atoms with Crippen LogP contribution in [0.2, 0.25) is 0 Å². The fourth-order valence-electron chi connectivity index (χ4n) is 5.48. The van der Waals surface area contributed by atoms with Gasteiger partial charge in [0.15, 0.2) is 0 Å². The minimum absolute atomic E-state index is 0.140. The van der Waals surface area contributed by atoms with E-state index in [1.807, 2.05) is 18.3 Å². The Morgan fingerprint density at radius 2 is 1.48 bits per heavy atom. The van der Waals surface area contributed by atoms with E-state index >= 15 is 0 Å². The summed E-state index contributed by atoms with van der Waals surface area (Å²) in [4.78, 5) is 4.67. The van der Waals surface area contributed by atoms with E-state index in [-0.39, 0.29) is 5.82 Å². The molecular formula is C31H46FN. The molecule has 1 saturated carbocycles. The van der Waals surface area contributed by atoms with Crippen molar-refractivity contribution in [2.75, 3.05) is 0 Å². The average molecular weight is 452 g/mol. The Hall–Kier alpha value is -1.70. The Kier molecular flexibility index (Phi) is 11.4. The fraction of sp³-hybridized carbons (Fsp3) is 0.645. The number of benzene rings is 1. The van der Waals surface area contributed by atoms with Crippen molar-refractivity contribution in [1.82, 2.24) is 4.98 Å². The SMILES string of the molecule is CCCCCCCC[C@H]1CC[C@H](c2ccc(-c3ccc(CCCCCC)cc3F)nc2)CC1. The molecule has 0 N–H and O–H groups in total. The van der Waals surface area contributed by atoms with Crippen LogP contribution in [0.1, 0.15) is 127 Å². The number of aromatic nitrogens is 1. The lowest BCUT2D eigenvalue weighted by molar-refractivity contribution is 0.301. The first kappa shape index (κ1) is 25.9. The predicted molar refractivity (Wildman–Crippen MR) is 140 cm³/mol. The van der Waals surface area contributed by atoms with Gasteiger partial charge in [0, 0.05) is 11.8 Å². The Labute approximate surface area is 202 Å². The smallest absolute Gasteiger partial charge is 0.132 e. The minimum Gasteiger partial charge on any atom is -0.256 e. The van der Waals surface area contributed by atoms with Crippen molar-refractivity contribution in [3.05, 3.63) is 53.5 Å². The van der Waals surface area contributed by atoms with Gasteiger partial charge in [-0.15, -0.1) is 0 Å². The van der Waals surface area contributed by atoms with E-state index in [0.29, 0.717) is 11.5 Å². The van der Waals surface area contributed by atoms with E-state index in [9.17, 15) is 4.39 Å². The fourth-order valence-corrected chi connectivity index (χ4v) is 5.48. The number of unbranched alkanes of at least 4 members (excludes halogenated alkanes) is 8. The second-order valence-corrected chi connectivity index (χ2v) is 10.4. The molecule has 33 heavy (non-hydrogen) atoms. The molecule has 1 aliphatic rings. The Balaban J connectivity index is 1.45. The summed E-state index contributed by atoms with van der Waals surface area (Å²) < 4.78 is 14.8. The third-order valence-corrected chi connectivity index (χ3v) is 7.70. The van der Waals surface area contributed by atoms with E-state index in [4.69, 9.17) is 0 Å². The number of hydrogen-bond donors (Lipinski definition) is 0. The van der Waals surface area contributed by atoms with Crippen molar-refractivity contribution in [2.45, 2.75) is 122 Å². The summed E-state index contributed by atoms with van der Waals surface area (Å²) in [5, 5.41) is 0. The normalized spacial score (nSPS) is 18.5. The quantitative estimate of drug-likeness (QED) is 0.260. The van der Waals surface area contributed by atoms with Gasteiger partial charge in [-0.1, -0.05) is 90.2 Å². The molecule has 1 nitrogen and oxygen atoms in total. The second kappa shape index (κ2) is 14.5. The Bertz CT molecular complexity index is 789. The van der Waals surface area contributed by atoms with Crippen molar-refractivity contribution in [3.8, 4) is 11.3 Å². The van der Waals surface area contributed by atoms with Crippen LogP contribution in [0.4, 0.5) is 4.39 Å². The molecule has 0 aliphatic heterocycles. The monoisotopic (exact) mass is 451 g/mol. The summed E-state index contributed by atoms with van der Waals surface area (Å²) >= 11 is 0. The van der Waals surface area contributed by atoms with Crippen molar-refractivity contribution in [1.29, 1.82) is 0 Å². The number of nitrogens with zero attached hydrogens (tertiary/aromatic N) is 1. The van der Waals surface area contributed by atoms with Crippen molar-refractivity contribution < 1.29 is 4.39 Å². The lowest BCUT2D eigenvalue weighted by Gasteiger charge is -2.28. The van der Waals surface area contributed by atoms with E-state index in [2.05, 4.69) is 31.0 Å².